The predicted molar refractivity (Wildman–Crippen MR) is 96.0 cm³/mol. The highest BCUT2D eigenvalue weighted by Gasteiger charge is 2.33. The van der Waals surface area contributed by atoms with Crippen molar-refractivity contribution >= 4 is 22.8 Å². The molecule has 3 rings (SSSR count). The van der Waals surface area contributed by atoms with Gasteiger partial charge in [0.1, 0.15) is 11.6 Å². The van der Waals surface area contributed by atoms with Gasteiger partial charge in [-0.05, 0) is 32.3 Å². The first kappa shape index (κ1) is 18.3. The minimum Gasteiger partial charge on any atom is -0.355 e. The lowest BCUT2D eigenvalue weighted by Gasteiger charge is -2.19. The molecule has 1 aromatic carbocycles. The van der Waals surface area contributed by atoms with Crippen molar-refractivity contribution in [3.63, 3.8) is 0 Å². The average Bonchev–Trinajstić information content (AvgIpc) is 3.15. The molecule has 2 N–H and O–H groups in total. The van der Waals surface area contributed by atoms with Crippen LogP contribution in [0, 0.1) is 11.7 Å². The Bertz CT molecular complexity index is 804. The molecule has 0 aliphatic carbocycles. The van der Waals surface area contributed by atoms with Crippen LogP contribution in [0.15, 0.2) is 18.2 Å². The van der Waals surface area contributed by atoms with Gasteiger partial charge in [0.05, 0.1) is 17.0 Å². The molecular formula is C18H24FN5O2. The Balaban J connectivity index is 1.47. The van der Waals surface area contributed by atoms with Crippen molar-refractivity contribution in [2.75, 3.05) is 40.3 Å². The van der Waals surface area contributed by atoms with Gasteiger partial charge in [-0.25, -0.2) is 9.37 Å². The van der Waals surface area contributed by atoms with E-state index < -0.39 is 0 Å². The fourth-order valence-corrected chi connectivity index (χ4v) is 3.09. The molecule has 8 heteroatoms. The monoisotopic (exact) mass is 361 g/mol. The lowest BCUT2D eigenvalue weighted by molar-refractivity contribution is -0.129. The highest BCUT2D eigenvalue weighted by molar-refractivity contribution is 5.89. The Morgan fingerprint density at radius 3 is 3.04 bits per heavy atom. The van der Waals surface area contributed by atoms with Crippen molar-refractivity contribution in [1.82, 2.24) is 25.1 Å². The number of hydrogen-bond donors (Lipinski definition) is 2. The molecule has 1 aliphatic rings. The van der Waals surface area contributed by atoms with Gasteiger partial charge in [-0.15, -0.1) is 0 Å². The standard InChI is InChI=1S/C18H24FN5O2/c1-23(2)7-8-24-11-12(9-17(24)25)18(26)20-6-5-16-21-14-4-3-13(19)10-15(14)22-16/h3-4,10,12H,5-9,11H2,1-2H3,(H,20,26)(H,21,22)/t12-/m0/s1. The van der Waals surface area contributed by atoms with Crippen LogP contribution in [0.4, 0.5) is 4.39 Å². The van der Waals surface area contributed by atoms with E-state index >= 15 is 0 Å². The minimum atomic E-state index is -0.314. The summed E-state index contributed by atoms with van der Waals surface area (Å²) >= 11 is 0. The van der Waals surface area contributed by atoms with Crippen LogP contribution in [0.3, 0.4) is 0 Å². The van der Waals surface area contributed by atoms with Crippen LogP contribution in [-0.4, -0.2) is 71.9 Å². The Labute approximate surface area is 151 Å². The van der Waals surface area contributed by atoms with Gasteiger partial charge in [0.25, 0.3) is 0 Å². The molecule has 7 nitrogen and oxygen atoms in total. The van der Waals surface area contributed by atoms with Crippen LogP contribution in [0.1, 0.15) is 12.2 Å². The number of imidazole rings is 1. The van der Waals surface area contributed by atoms with E-state index in [1.54, 1.807) is 11.0 Å². The second-order valence-electron chi connectivity index (χ2n) is 6.93. The summed E-state index contributed by atoms with van der Waals surface area (Å²) in [4.78, 5) is 35.5. The fourth-order valence-electron chi connectivity index (χ4n) is 3.09. The summed E-state index contributed by atoms with van der Waals surface area (Å²) in [6, 6.07) is 4.39. The first-order valence-electron chi connectivity index (χ1n) is 8.77. The molecule has 0 unspecified atom stereocenters. The minimum absolute atomic E-state index is 0.0336. The number of nitrogens with zero attached hydrogens (tertiary/aromatic N) is 3. The molecule has 1 atom stereocenters. The van der Waals surface area contributed by atoms with Gasteiger partial charge in [-0.3, -0.25) is 9.59 Å². The van der Waals surface area contributed by atoms with Crippen molar-refractivity contribution in [1.29, 1.82) is 0 Å². The summed E-state index contributed by atoms with van der Waals surface area (Å²) in [7, 11) is 3.91. The number of rotatable bonds is 7. The number of hydrogen-bond acceptors (Lipinski definition) is 4. The van der Waals surface area contributed by atoms with Crippen LogP contribution in [-0.2, 0) is 16.0 Å². The van der Waals surface area contributed by atoms with Crippen LogP contribution < -0.4 is 5.32 Å². The summed E-state index contributed by atoms with van der Waals surface area (Å²) in [5.74, 6) is 0.0142. The molecule has 1 fully saturated rings. The molecule has 1 aliphatic heterocycles. The quantitative estimate of drug-likeness (QED) is 0.763. The molecule has 2 amide bonds. The number of likely N-dealkylation sites (N-methyl/N-ethyl adjacent to an activating group) is 1. The summed E-state index contributed by atoms with van der Waals surface area (Å²) in [5.41, 5.74) is 1.34. The summed E-state index contributed by atoms with van der Waals surface area (Å²) in [5, 5.41) is 2.87. The number of aromatic nitrogens is 2. The van der Waals surface area contributed by atoms with Gasteiger partial charge in [0.15, 0.2) is 0 Å². The SMILES string of the molecule is CN(C)CCN1C[C@@H](C(=O)NCCc2nc3ccc(F)cc3[nH]2)CC1=O. The van der Waals surface area contributed by atoms with E-state index in [-0.39, 0.29) is 30.0 Å². The predicted octanol–water partition coefficient (Wildman–Crippen LogP) is 0.771. The maximum atomic E-state index is 13.2. The molecule has 2 aromatic rings. The fraction of sp³-hybridized carbons (Fsp3) is 0.500. The van der Waals surface area contributed by atoms with Crippen molar-refractivity contribution in [3.05, 3.63) is 29.8 Å². The first-order chi connectivity index (χ1) is 12.4. The molecule has 0 saturated carbocycles. The molecule has 0 spiro atoms. The third kappa shape index (κ3) is 4.37. The molecule has 2 heterocycles. The number of amides is 2. The zero-order valence-corrected chi connectivity index (χ0v) is 15.1. The maximum absolute atomic E-state index is 13.2. The summed E-state index contributed by atoms with van der Waals surface area (Å²) in [6.07, 6.45) is 0.788. The van der Waals surface area contributed by atoms with Crippen molar-refractivity contribution in [2.45, 2.75) is 12.8 Å². The lowest BCUT2D eigenvalue weighted by atomic mass is 10.1. The van der Waals surface area contributed by atoms with Crippen LogP contribution in [0.25, 0.3) is 11.0 Å². The number of likely N-dealkylation sites (tertiary alicyclic amines) is 1. The van der Waals surface area contributed by atoms with Crippen LogP contribution >= 0.6 is 0 Å². The average molecular weight is 361 g/mol. The third-order valence-electron chi connectivity index (χ3n) is 4.56. The van der Waals surface area contributed by atoms with Gasteiger partial charge in [0, 0.05) is 39.0 Å². The Kier molecular flexibility index (Phi) is 5.51. The number of nitrogens with one attached hydrogen (secondary N) is 2. The molecule has 0 bridgehead atoms. The summed E-state index contributed by atoms with van der Waals surface area (Å²) < 4.78 is 13.2. The number of aromatic amines is 1. The third-order valence-corrected chi connectivity index (χ3v) is 4.56. The lowest BCUT2D eigenvalue weighted by Crippen LogP contribution is -2.36. The van der Waals surface area contributed by atoms with E-state index in [0.717, 1.165) is 6.54 Å². The number of H-pyrrole nitrogens is 1. The Morgan fingerprint density at radius 1 is 1.46 bits per heavy atom. The molecular weight excluding hydrogens is 337 g/mol. The van der Waals surface area contributed by atoms with Crippen molar-refractivity contribution in [2.24, 2.45) is 5.92 Å². The van der Waals surface area contributed by atoms with Crippen molar-refractivity contribution in [3.8, 4) is 0 Å². The number of halogens is 1. The van der Waals surface area contributed by atoms with E-state index in [2.05, 4.69) is 15.3 Å². The second-order valence-corrected chi connectivity index (χ2v) is 6.93. The van der Waals surface area contributed by atoms with Gasteiger partial charge in [-0.1, -0.05) is 0 Å². The summed E-state index contributed by atoms with van der Waals surface area (Å²) in [6.45, 7) is 2.32. The zero-order valence-electron chi connectivity index (χ0n) is 15.1. The molecule has 140 valence electrons. The smallest absolute Gasteiger partial charge is 0.225 e. The normalized spacial score (nSPS) is 17.5. The van der Waals surface area contributed by atoms with Crippen LogP contribution in [0.5, 0.6) is 0 Å². The highest BCUT2D eigenvalue weighted by atomic mass is 19.1. The van der Waals surface area contributed by atoms with Gasteiger partial charge < -0.3 is 20.1 Å². The van der Waals surface area contributed by atoms with Gasteiger partial charge in [-0.2, -0.15) is 0 Å². The zero-order chi connectivity index (χ0) is 18.7. The van der Waals surface area contributed by atoms with Gasteiger partial charge in [0.2, 0.25) is 11.8 Å². The van der Waals surface area contributed by atoms with Crippen molar-refractivity contribution < 1.29 is 14.0 Å². The second kappa shape index (κ2) is 7.82. The number of carbonyl (C=O) groups is 2. The first-order valence-corrected chi connectivity index (χ1v) is 8.77. The van der Waals surface area contributed by atoms with E-state index in [1.165, 1.54) is 12.1 Å². The number of benzene rings is 1. The van der Waals surface area contributed by atoms with Crippen LogP contribution in [0.2, 0.25) is 0 Å². The molecule has 1 saturated heterocycles. The molecule has 0 radical (unpaired) electrons. The topological polar surface area (TPSA) is 81.3 Å². The maximum Gasteiger partial charge on any atom is 0.225 e. The Morgan fingerprint density at radius 2 is 2.27 bits per heavy atom. The van der Waals surface area contributed by atoms with E-state index in [4.69, 9.17) is 0 Å². The largest absolute Gasteiger partial charge is 0.355 e. The Hall–Kier alpha value is -2.48. The van der Waals surface area contributed by atoms with E-state index in [0.29, 0.717) is 42.9 Å². The van der Waals surface area contributed by atoms with Gasteiger partial charge >= 0.3 is 0 Å². The van der Waals surface area contributed by atoms with E-state index in [9.17, 15) is 14.0 Å². The number of fused-ring (bicyclic) bond motifs is 1. The molecule has 1 aromatic heterocycles. The van der Waals surface area contributed by atoms with E-state index in [1.807, 2.05) is 19.0 Å². The highest BCUT2D eigenvalue weighted by Crippen LogP contribution is 2.18. The molecule has 26 heavy (non-hydrogen) atoms. The number of carbonyl (C=O) groups excluding carboxylic acids is 2.